The van der Waals surface area contributed by atoms with Gasteiger partial charge in [-0.05, 0) is 31.3 Å². The number of hydrogen-bond acceptors (Lipinski definition) is 5. The van der Waals surface area contributed by atoms with Crippen molar-refractivity contribution in [2.75, 3.05) is 24.7 Å². The molecule has 2 atom stereocenters. The van der Waals surface area contributed by atoms with Gasteiger partial charge in [0.2, 0.25) is 0 Å². The van der Waals surface area contributed by atoms with Gasteiger partial charge in [-0.1, -0.05) is 52.5 Å². The summed E-state index contributed by atoms with van der Waals surface area (Å²) in [6.45, 7) is 8.18. The third-order valence-electron chi connectivity index (χ3n) is 6.52. The molecule has 3 rings (SSSR count). The summed E-state index contributed by atoms with van der Waals surface area (Å²) >= 11 is 4.16. The van der Waals surface area contributed by atoms with Crippen molar-refractivity contribution in [2.45, 2.75) is 88.9 Å². The van der Waals surface area contributed by atoms with Crippen LogP contribution < -0.4 is 0 Å². The van der Waals surface area contributed by atoms with Crippen molar-refractivity contribution in [3.63, 3.8) is 0 Å². The van der Waals surface area contributed by atoms with Gasteiger partial charge in [-0.3, -0.25) is 4.79 Å². The normalized spacial score (nSPS) is 29.2. The molecule has 0 aromatic rings. The van der Waals surface area contributed by atoms with Gasteiger partial charge in [-0.15, -0.1) is 23.5 Å². The maximum Gasteiger partial charge on any atom is 0.171 e. The first kappa shape index (κ1) is 23.7. The minimum Gasteiger partial charge on any atom is -0.349 e. The molecule has 1 aliphatic carbocycles. The van der Waals surface area contributed by atoms with Gasteiger partial charge in [0.1, 0.15) is 0 Å². The minimum absolute atomic E-state index is 0.0916. The zero-order valence-electron chi connectivity index (χ0n) is 18.6. The predicted molar refractivity (Wildman–Crippen MR) is 125 cm³/mol. The first-order valence-electron chi connectivity index (χ1n) is 11.7. The summed E-state index contributed by atoms with van der Waals surface area (Å²) in [5, 5.41) is 0. The molecule has 0 bridgehead atoms. The monoisotopic (exact) mass is 440 g/mol. The molecule has 2 saturated heterocycles. The summed E-state index contributed by atoms with van der Waals surface area (Å²) in [6.07, 6.45) is 13.9. The molecule has 3 nitrogen and oxygen atoms in total. The first-order chi connectivity index (χ1) is 13.9. The second kappa shape index (κ2) is 11.1. The van der Waals surface area contributed by atoms with E-state index in [4.69, 9.17) is 9.47 Å². The number of carbonyl (C=O) groups excluding carboxylic acids is 1. The van der Waals surface area contributed by atoms with Gasteiger partial charge >= 0.3 is 0 Å². The highest BCUT2D eigenvalue weighted by molar-refractivity contribution is 8.20. The van der Waals surface area contributed by atoms with E-state index >= 15 is 0 Å². The largest absolute Gasteiger partial charge is 0.349 e. The molecule has 29 heavy (non-hydrogen) atoms. The van der Waals surface area contributed by atoms with E-state index in [-0.39, 0.29) is 11.2 Å². The zero-order valence-corrected chi connectivity index (χ0v) is 20.3. The van der Waals surface area contributed by atoms with Gasteiger partial charge in [0.15, 0.2) is 11.6 Å². The topological polar surface area (TPSA) is 35.5 Å². The lowest BCUT2D eigenvalue weighted by molar-refractivity contribution is -0.315. The third kappa shape index (κ3) is 6.75. The van der Waals surface area contributed by atoms with Crippen molar-refractivity contribution < 1.29 is 14.3 Å². The molecule has 1 saturated carbocycles. The first-order valence-corrected chi connectivity index (χ1v) is 13.8. The van der Waals surface area contributed by atoms with Crippen LogP contribution in [0.4, 0.5) is 0 Å². The Morgan fingerprint density at radius 2 is 1.76 bits per heavy atom. The van der Waals surface area contributed by atoms with E-state index in [2.05, 4.69) is 50.4 Å². The van der Waals surface area contributed by atoms with Crippen molar-refractivity contribution >= 4 is 29.3 Å². The van der Waals surface area contributed by atoms with Crippen LogP contribution in [0.5, 0.6) is 0 Å². The van der Waals surface area contributed by atoms with Crippen LogP contribution in [-0.2, 0) is 14.3 Å². The molecular weight excluding hydrogens is 400 g/mol. The van der Waals surface area contributed by atoms with E-state index in [0.29, 0.717) is 22.8 Å². The fourth-order valence-corrected chi connectivity index (χ4v) is 7.65. The maximum absolute atomic E-state index is 12.4. The van der Waals surface area contributed by atoms with Gasteiger partial charge in [0, 0.05) is 35.7 Å². The molecule has 166 valence electrons. The molecule has 1 spiro atoms. The number of hydrogen-bond donors (Lipinski definition) is 0. The van der Waals surface area contributed by atoms with Crippen LogP contribution >= 0.6 is 23.5 Å². The van der Waals surface area contributed by atoms with Crippen LogP contribution in [0.1, 0.15) is 78.6 Å². The van der Waals surface area contributed by atoms with Crippen LogP contribution in [-0.4, -0.2) is 40.9 Å². The SMILES string of the molecule is CCCCCCCC(=O)C=CC1CCC2(OCC(C)(C)CO2)C1CC1SCCS1. The quantitative estimate of drug-likeness (QED) is 0.287. The number of ether oxygens (including phenoxy) is 2. The standard InChI is InChI=1S/C24H40O3S2/c1-4-5-6-7-8-9-20(25)11-10-19-12-13-24(26-17-23(2,3)18-27-24)21(19)16-22-28-14-15-29-22/h10-11,19,21-22H,4-9,12-18H2,1-3H3. The van der Waals surface area contributed by atoms with Gasteiger partial charge in [-0.2, -0.15) is 0 Å². The van der Waals surface area contributed by atoms with Gasteiger partial charge < -0.3 is 9.47 Å². The molecule has 3 fully saturated rings. The van der Waals surface area contributed by atoms with E-state index in [0.717, 1.165) is 38.9 Å². The molecule has 5 heteroatoms. The van der Waals surface area contributed by atoms with Crippen molar-refractivity contribution in [1.29, 1.82) is 0 Å². The highest BCUT2D eigenvalue weighted by Gasteiger charge is 2.53. The van der Waals surface area contributed by atoms with E-state index in [1.165, 1.54) is 37.2 Å². The Hall–Kier alpha value is 0.0300. The molecular formula is C24H40O3S2. The van der Waals surface area contributed by atoms with Gasteiger partial charge in [-0.25, -0.2) is 0 Å². The fourth-order valence-electron chi connectivity index (χ4n) is 4.71. The summed E-state index contributed by atoms with van der Waals surface area (Å²) in [6, 6.07) is 0. The fraction of sp³-hybridized carbons (Fsp3) is 0.875. The second-order valence-electron chi connectivity index (χ2n) is 9.76. The van der Waals surface area contributed by atoms with Crippen LogP contribution in [0.15, 0.2) is 12.2 Å². The highest BCUT2D eigenvalue weighted by Crippen LogP contribution is 2.52. The van der Waals surface area contributed by atoms with Crippen LogP contribution in [0.3, 0.4) is 0 Å². The molecule has 0 aromatic carbocycles. The summed E-state index contributed by atoms with van der Waals surface area (Å²) in [4.78, 5) is 12.4. The highest BCUT2D eigenvalue weighted by atomic mass is 32.2. The molecule has 2 heterocycles. The van der Waals surface area contributed by atoms with Gasteiger partial charge in [0.05, 0.1) is 17.8 Å². The molecule has 0 radical (unpaired) electrons. The number of rotatable bonds is 10. The number of ketones is 1. The Kier molecular flexibility index (Phi) is 9.03. The Bertz CT molecular complexity index is 544. The van der Waals surface area contributed by atoms with E-state index in [9.17, 15) is 4.79 Å². The smallest absolute Gasteiger partial charge is 0.171 e. The third-order valence-corrected chi connectivity index (χ3v) is 9.60. The summed E-state index contributed by atoms with van der Waals surface area (Å²) in [7, 11) is 0. The van der Waals surface area contributed by atoms with Crippen molar-refractivity contribution in [3.8, 4) is 0 Å². The molecule has 0 amide bonds. The molecule has 0 N–H and O–H groups in total. The van der Waals surface area contributed by atoms with E-state index in [1.807, 2.05) is 6.08 Å². The van der Waals surface area contributed by atoms with E-state index < -0.39 is 5.79 Å². The Labute approximate surface area is 186 Å². The van der Waals surface area contributed by atoms with Crippen LogP contribution in [0, 0.1) is 17.3 Å². The lowest BCUT2D eigenvalue weighted by atomic mass is 9.87. The zero-order chi connectivity index (χ0) is 20.7. The lowest BCUT2D eigenvalue weighted by Crippen LogP contribution is -2.50. The summed E-state index contributed by atoms with van der Waals surface area (Å²) < 4.78 is 13.5. The van der Waals surface area contributed by atoms with Gasteiger partial charge in [0.25, 0.3) is 0 Å². The van der Waals surface area contributed by atoms with Crippen molar-refractivity contribution in [1.82, 2.24) is 0 Å². The van der Waals surface area contributed by atoms with Crippen LogP contribution in [0.25, 0.3) is 0 Å². The summed E-state index contributed by atoms with van der Waals surface area (Å²) in [5.41, 5.74) is 0.0916. The molecule has 0 aromatic heterocycles. The maximum atomic E-state index is 12.4. The van der Waals surface area contributed by atoms with E-state index in [1.54, 1.807) is 0 Å². The number of carbonyl (C=O) groups is 1. The molecule has 2 unspecified atom stereocenters. The van der Waals surface area contributed by atoms with Crippen molar-refractivity contribution in [2.24, 2.45) is 17.3 Å². The van der Waals surface area contributed by atoms with Crippen molar-refractivity contribution in [3.05, 3.63) is 12.2 Å². The second-order valence-corrected chi connectivity index (χ2v) is 12.7. The number of thioether (sulfide) groups is 2. The molecule has 2 aliphatic heterocycles. The average Bonchev–Trinajstić information content (AvgIpc) is 3.32. The molecule has 3 aliphatic rings. The van der Waals surface area contributed by atoms with Crippen LogP contribution in [0.2, 0.25) is 0 Å². The predicted octanol–water partition coefficient (Wildman–Crippen LogP) is 6.46. The Morgan fingerprint density at radius 3 is 2.45 bits per heavy atom. The number of unbranched alkanes of at least 4 members (excludes halogenated alkanes) is 4. The number of allylic oxidation sites excluding steroid dienone is 2. The average molecular weight is 441 g/mol. The Balaban J connectivity index is 1.58. The lowest BCUT2D eigenvalue weighted by Gasteiger charge is -2.45. The summed E-state index contributed by atoms with van der Waals surface area (Å²) in [5.74, 6) is 3.11. The Morgan fingerprint density at radius 1 is 1.07 bits per heavy atom. The minimum atomic E-state index is -0.433.